The molecule has 4 aromatic rings. The summed E-state index contributed by atoms with van der Waals surface area (Å²) >= 11 is 0. The van der Waals surface area contributed by atoms with E-state index in [0.29, 0.717) is 5.56 Å². The van der Waals surface area contributed by atoms with Gasteiger partial charge in [0.15, 0.2) is 23.3 Å². The van der Waals surface area contributed by atoms with Gasteiger partial charge >= 0.3 is 0 Å². The molecule has 4 aromatic carbocycles. The van der Waals surface area contributed by atoms with Crippen LogP contribution in [0.3, 0.4) is 0 Å². The Morgan fingerprint density at radius 2 is 0.800 bits per heavy atom. The van der Waals surface area contributed by atoms with E-state index in [0.717, 1.165) is 22.3 Å². The molecule has 0 radical (unpaired) electrons. The fourth-order valence-corrected chi connectivity index (χ4v) is 3.42. The molecule has 0 aromatic heterocycles. The van der Waals surface area contributed by atoms with Crippen LogP contribution >= 0.6 is 0 Å². The van der Waals surface area contributed by atoms with Gasteiger partial charge in [-0.25, -0.2) is 22.0 Å². The Hall–Kier alpha value is -3.47. The number of benzene rings is 4. The van der Waals surface area contributed by atoms with Crippen molar-refractivity contribution in [3.63, 3.8) is 0 Å². The lowest BCUT2D eigenvalue weighted by Crippen LogP contribution is -2.04. The highest BCUT2D eigenvalue weighted by molar-refractivity contribution is 5.77. The van der Waals surface area contributed by atoms with Gasteiger partial charge in [-0.15, -0.1) is 0 Å². The van der Waals surface area contributed by atoms with E-state index in [4.69, 9.17) is 0 Å². The molecule has 5 heteroatoms. The third-order valence-corrected chi connectivity index (χ3v) is 4.91. The first-order valence-electron chi connectivity index (χ1n) is 9.16. The van der Waals surface area contributed by atoms with E-state index in [9.17, 15) is 22.0 Å². The van der Waals surface area contributed by atoms with Crippen LogP contribution in [0.1, 0.15) is 5.56 Å². The van der Waals surface area contributed by atoms with Crippen molar-refractivity contribution < 1.29 is 22.0 Å². The summed E-state index contributed by atoms with van der Waals surface area (Å²) in [6, 6.07) is 21.4. The quantitative estimate of drug-likeness (QED) is 0.184. The van der Waals surface area contributed by atoms with Crippen molar-refractivity contribution in [1.29, 1.82) is 0 Å². The van der Waals surface area contributed by atoms with Gasteiger partial charge in [0, 0.05) is 0 Å². The highest BCUT2D eigenvalue weighted by Crippen LogP contribution is 2.34. The van der Waals surface area contributed by atoms with Crippen molar-refractivity contribution in [2.24, 2.45) is 0 Å². The molecule has 0 aliphatic heterocycles. The van der Waals surface area contributed by atoms with Crippen molar-refractivity contribution in [1.82, 2.24) is 0 Å². The molecule has 0 saturated carbocycles. The van der Waals surface area contributed by atoms with Crippen LogP contribution in [0, 0.1) is 36.0 Å². The molecular formula is C25H15F5. The third-order valence-electron chi connectivity index (χ3n) is 4.91. The zero-order valence-electron chi connectivity index (χ0n) is 15.8. The van der Waals surface area contributed by atoms with Gasteiger partial charge in [0.1, 0.15) is 0 Å². The van der Waals surface area contributed by atoms with Gasteiger partial charge < -0.3 is 0 Å². The predicted octanol–water partition coefficient (Wildman–Crippen LogP) is 7.69. The minimum atomic E-state index is -2.17. The summed E-state index contributed by atoms with van der Waals surface area (Å²) < 4.78 is 69.1. The van der Waals surface area contributed by atoms with Crippen LogP contribution in [0.5, 0.6) is 0 Å². The van der Waals surface area contributed by atoms with Crippen molar-refractivity contribution in [2.45, 2.75) is 6.92 Å². The molecular weight excluding hydrogens is 395 g/mol. The Bertz CT molecular complexity index is 1230. The minimum Gasteiger partial charge on any atom is -0.203 e. The fraction of sp³-hybridized carbons (Fsp3) is 0.0400. The van der Waals surface area contributed by atoms with Crippen LogP contribution in [0.2, 0.25) is 0 Å². The van der Waals surface area contributed by atoms with Crippen LogP contribution in [-0.2, 0) is 0 Å². The molecule has 0 nitrogen and oxygen atoms in total. The second-order valence-corrected chi connectivity index (χ2v) is 6.98. The molecule has 30 heavy (non-hydrogen) atoms. The highest BCUT2D eigenvalue weighted by Gasteiger charge is 2.26. The predicted molar refractivity (Wildman–Crippen MR) is 107 cm³/mol. The monoisotopic (exact) mass is 410 g/mol. The minimum absolute atomic E-state index is 0.0961. The highest BCUT2D eigenvalue weighted by atomic mass is 19.2. The molecule has 0 heterocycles. The van der Waals surface area contributed by atoms with Gasteiger partial charge in [0.05, 0.1) is 5.56 Å². The molecule has 0 unspecified atom stereocenters. The van der Waals surface area contributed by atoms with E-state index >= 15 is 0 Å². The van der Waals surface area contributed by atoms with E-state index in [2.05, 4.69) is 0 Å². The summed E-state index contributed by atoms with van der Waals surface area (Å²) in [6.45, 7) is 1.99. The van der Waals surface area contributed by atoms with Gasteiger partial charge in [-0.3, -0.25) is 0 Å². The first kappa shape index (κ1) is 19.8. The van der Waals surface area contributed by atoms with Crippen LogP contribution < -0.4 is 0 Å². The average Bonchev–Trinajstić information content (AvgIpc) is 2.77. The van der Waals surface area contributed by atoms with Gasteiger partial charge in [0.2, 0.25) is 5.82 Å². The summed E-state index contributed by atoms with van der Waals surface area (Å²) in [5.74, 6) is -9.80. The van der Waals surface area contributed by atoms with E-state index in [1.54, 1.807) is 6.07 Å². The maximum Gasteiger partial charge on any atom is 0.200 e. The summed E-state index contributed by atoms with van der Waals surface area (Å²) in [6.07, 6.45) is 0. The van der Waals surface area contributed by atoms with E-state index in [-0.39, 0.29) is 5.56 Å². The van der Waals surface area contributed by atoms with E-state index < -0.39 is 34.6 Å². The Morgan fingerprint density at radius 3 is 1.30 bits per heavy atom. The van der Waals surface area contributed by atoms with Gasteiger partial charge in [-0.1, -0.05) is 66.2 Å². The molecule has 0 spiro atoms. The lowest BCUT2D eigenvalue weighted by atomic mass is 9.95. The normalized spacial score (nSPS) is 11.0. The lowest BCUT2D eigenvalue weighted by Gasteiger charge is -2.11. The Kier molecular flexibility index (Phi) is 5.12. The van der Waals surface area contributed by atoms with Crippen LogP contribution in [-0.4, -0.2) is 0 Å². The Morgan fingerprint density at radius 1 is 0.433 bits per heavy atom. The van der Waals surface area contributed by atoms with Crippen molar-refractivity contribution >= 4 is 0 Å². The molecule has 0 atom stereocenters. The summed E-state index contributed by atoms with van der Waals surface area (Å²) in [5.41, 5.74) is 3.35. The van der Waals surface area contributed by atoms with E-state index in [1.807, 2.05) is 55.5 Å². The molecule has 0 N–H and O–H groups in total. The van der Waals surface area contributed by atoms with Gasteiger partial charge in [0.25, 0.3) is 0 Å². The second kappa shape index (κ2) is 7.75. The lowest BCUT2D eigenvalue weighted by molar-refractivity contribution is 0.381. The Labute approximate surface area is 170 Å². The molecule has 150 valence electrons. The average molecular weight is 410 g/mol. The van der Waals surface area contributed by atoms with Gasteiger partial charge in [-0.2, -0.15) is 0 Å². The number of aryl methyl sites for hydroxylation is 1. The molecule has 0 bridgehead atoms. The van der Waals surface area contributed by atoms with Crippen molar-refractivity contribution in [2.75, 3.05) is 0 Å². The second-order valence-electron chi connectivity index (χ2n) is 6.98. The maximum atomic E-state index is 14.2. The fourth-order valence-electron chi connectivity index (χ4n) is 3.42. The van der Waals surface area contributed by atoms with Crippen molar-refractivity contribution in [3.05, 3.63) is 107 Å². The van der Waals surface area contributed by atoms with Crippen LogP contribution in [0.15, 0.2) is 72.8 Å². The summed E-state index contributed by atoms with van der Waals surface area (Å²) in [7, 11) is 0. The smallest absolute Gasteiger partial charge is 0.200 e. The Balaban J connectivity index is 1.82. The van der Waals surface area contributed by atoms with Crippen LogP contribution in [0.4, 0.5) is 22.0 Å². The number of hydrogen-bond acceptors (Lipinski definition) is 0. The number of hydrogen-bond donors (Lipinski definition) is 0. The SMILES string of the molecule is Cc1cccc(-c2cccc(-c3cccc(-c4c(F)c(F)c(F)c(F)c4F)c3)c2)c1. The first-order chi connectivity index (χ1) is 14.4. The molecule has 0 saturated heterocycles. The molecule has 0 aliphatic carbocycles. The van der Waals surface area contributed by atoms with Crippen molar-refractivity contribution in [3.8, 4) is 33.4 Å². The zero-order chi connectivity index (χ0) is 21.4. The first-order valence-corrected chi connectivity index (χ1v) is 9.16. The molecule has 4 rings (SSSR count). The largest absolute Gasteiger partial charge is 0.203 e. The number of halogens is 5. The maximum absolute atomic E-state index is 14.2. The standard InChI is InChI=1S/C25H15F5/c1-14-5-2-6-15(11-14)16-7-3-8-17(12-16)18-9-4-10-19(13-18)20-21(26)23(28)25(30)24(29)22(20)27/h2-13H,1H3. The molecule has 0 aliphatic rings. The summed E-state index contributed by atoms with van der Waals surface area (Å²) in [4.78, 5) is 0. The number of rotatable bonds is 3. The molecule has 0 fully saturated rings. The molecule has 0 amide bonds. The van der Waals surface area contributed by atoms with Gasteiger partial charge in [-0.05, 0) is 46.9 Å². The zero-order valence-corrected chi connectivity index (χ0v) is 15.8. The summed E-state index contributed by atoms with van der Waals surface area (Å²) in [5, 5.41) is 0. The topological polar surface area (TPSA) is 0 Å². The third kappa shape index (κ3) is 3.47. The van der Waals surface area contributed by atoms with Crippen LogP contribution in [0.25, 0.3) is 33.4 Å². The van der Waals surface area contributed by atoms with E-state index in [1.165, 1.54) is 18.2 Å².